The molecule has 1 atom stereocenters. The van der Waals surface area contributed by atoms with E-state index < -0.39 is 23.4 Å². The second kappa shape index (κ2) is 7.01. The average molecular weight is 388 g/mol. The van der Waals surface area contributed by atoms with Crippen LogP contribution in [0.5, 0.6) is 0 Å². The lowest BCUT2D eigenvalue weighted by atomic mass is 9.90. The Morgan fingerprint density at radius 1 is 1.10 bits per heavy atom. The number of hydrogen-bond donors (Lipinski definition) is 2. The number of anilines is 1. The zero-order valence-electron chi connectivity index (χ0n) is 16.1. The first kappa shape index (κ1) is 18.6. The van der Waals surface area contributed by atoms with E-state index in [4.69, 9.17) is 0 Å². The lowest BCUT2D eigenvalue weighted by Gasteiger charge is -2.22. The molecule has 29 heavy (non-hydrogen) atoms. The first-order chi connectivity index (χ1) is 13.9. The third-order valence-electron chi connectivity index (χ3n) is 5.09. The first-order valence-electron chi connectivity index (χ1n) is 9.23. The Labute approximate surface area is 167 Å². The standard InChI is InChI=1S/C22H20N4O3/c1-14-9-10-23-18(11-14)24-19(27)13-26-20(28)22(2,25-21(26)29)17-8-7-15-5-3-4-6-16(15)12-17/h3-12H,13H2,1-2H3,(H,25,29)(H,23,24,27)/t22-/m0/s1. The van der Waals surface area contributed by atoms with Crippen LogP contribution in [-0.4, -0.2) is 34.3 Å². The van der Waals surface area contributed by atoms with Crippen molar-refractivity contribution < 1.29 is 14.4 Å². The highest BCUT2D eigenvalue weighted by Crippen LogP contribution is 2.31. The minimum absolute atomic E-state index is 0.374. The van der Waals surface area contributed by atoms with Gasteiger partial charge >= 0.3 is 6.03 Å². The zero-order valence-corrected chi connectivity index (χ0v) is 16.1. The van der Waals surface area contributed by atoms with Crippen LogP contribution in [0.2, 0.25) is 0 Å². The van der Waals surface area contributed by atoms with Gasteiger partial charge in [0, 0.05) is 6.20 Å². The fraction of sp³-hybridized carbons (Fsp3) is 0.182. The lowest BCUT2D eigenvalue weighted by Crippen LogP contribution is -2.42. The molecule has 4 amide bonds. The Morgan fingerprint density at radius 2 is 1.86 bits per heavy atom. The van der Waals surface area contributed by atoms with Crippen molar-refractivity contribution in [3.63, 3.8) is 0 Å². The number of rotatable bonds is 4. The summed E-state index contributed by atoms with van der Waals surface area (Å²) in [7, 11) is 0. The molecule has 1 aliphatic rings. The van der Waals surface area contributed by atoms with E-state index >= 15 is 0 Å². The predicted octanol–water partition coefficient (Wildman–Crippen LogP) is 2.95. The molecular weight excluding hydrogens is 368 g/mol. The highest BCUT2D eigenvalue weighted by Gasteiger charge is 2.49. The fourth-order valence-electron chi connectivity index (χ4n) is 3.47. The van der Waals surface area contributed by atoms with Gasteiger partial charge in [0.25, 0.3) is 5.91 Å². The van der Waals surface area contributed by atoms with Crippen molar-refractivity contribution >= 4 is 34.4 Å². The van der Waals surface area contributed by atoms with Gasteiger partial charge in [0.05, 0.1) is 0 Å². The SMILES string of the molecule is Cc1ccnc(NC(=O)CN2C(=O)N[C@@](C)(c3ccc4ccccc4c3)C2=O)c1. The van der Waals surface area contributed by atoms with Crippen molar-refractivity contribution in [2.45, 2.75) is 19.4 Å². The lowest BCUT2D eigenvalue weighted by molar-refractivity contribution is -0.133. The van der Waals surface area contributed by atoms with Gasteiger partial charge in [-0.25, -0.2) is 9.78 Å². The van der Waals surface area contributed by atoms with Crippen LogP contribution < -0.4 is 10.6 Å². The molecule has 0 aliphatic carbocycles. The molecule has 7 nitrogen and oxygen atoms in total. The molecule has 0 unspecified atom stereocenters. The Kier molecular flexibility index (Phi) is 4.50. The number of carbonyl (C=O) groups excluding carboxylic acids is 3. The Morgan fingerprint density at radius 3 is 2.62 bits per heavy atom. The van der Waals surface area contributed by atoms with E-state index in [1.54, 1.807) is 19.2 Å². The molecule has 0 radical (unpaired) electrons. The van der Waals surface area contributed by atoms with Gasteiger partial charge in [-0.1, -0.05) is 36.4 Å². The zero-order chi connectivity index (χ0) is 20.6. The quantitative estimate of drug-likeness (QED) is 0.672. The molecule has 0 bridgehead atoms. The third kappa shape index (κ3) is 3.42. The fourth-order valence-corrected chi connectivity index (χ4v) is 3.47. The van der Waals surface area contributed by atoms with E-state index in [0.29, 0.717) is 11.4 Å². The van der Waals surface area contributed by atoms with Gasteiger partial charge in [0.1, 0.15) is 17.9 Å². The van der Waals surface area contributed by atoms with Crippen LogP contribution in [0, 0.1) is 6.92 Å². The van der Waals surface area contributed by atoms with Crippen molar-refractivity contribution in [3.05, 3.63) is 71.9 Å². The van der Waals surface area contributed by atoms with Gasteiger partial charge < -0.3 is 10.6 Å². The maximum atomic E-state index is 13.1. The van der Waals surface area contributed by atoms with Gasteiger partial charge in [0.2, 0.25) is 5.91 Å². The number of carbonyl (C=O) groups is 3. The second-order valence-electron chi connectivity index (χ2n) is 7.27. The van der Waals surface area contributed by atoms with E-state index in [1.165, 1.54) is 0 Å². The molecule has 1 saturated heterocycles. The molecule has 2 heterocycles. The van der Waals surface area contributed by atoms with Gasteiger partial charge in [-0.3, -0.25) is 14.5 Å². The maximum Gasteiger partial charge on any atom is 0.325 e. The number of amides is 4. The van der Waals surface area contributed by atoms with Crippen molar-refractivity contribution in [2.24, 2.45) is 0 Å². The van der Waals surface area contributed by atoms with Crippen molar-refractivity contribution in [2.75, 3.05) is 11.9 Å². The van der Waals surface area contributed by atoms with Crippen molar-refractivity contribution in [1.82, 2.24) is 15.2 Å². The molecule has 3 aromatic rings. The second-order valence-corrected chi connectivity index (χ2v) is 7.27. The maximum absolute atomic E-state index is 13.1. The highest BCUT2D eigenvalue weighted by molar-refractivity contribution is 6.10. The molecule has 1 aliphatic heterocycles. The normalized spacial score (nSPS) is 18.8. The summed E-state index contributed by atoms with van der Waals surface area (Å²) in [6.07, 6.45) is 1.58. The van der Waals surface area contributed by atoms with Crippen LogP contribution in [0.15, 0.2) is 60.8 Å². The number of nitrogens with zero attached hydrogens (tertiary/aromatic N) is 2. The summed E-state index contributed by atoms with van der Waals surface area (Å²) in [5.41, 5.74) is 0.371. The number of benzene rings is 2. The first-order valence-corrected chi connectivity index (χ1v) is 9.23. The number of nitrogens with one attached hydrogen (secondary N) is 2. The summed E-state index contributed by atoms with van der Waals surface area (Å²) in [5, 5.41) is 7.36. The van der Waals surface area contributed by atoms with Crippen LogP contribution in [0.1, 0.15) is 18.1 Å². The van der Waals surface area contributed by atoms with Crippen LogP contribution in [0.4, 0.5) is 10.6 Å². The van der Waals surface area contributed by atoms with Crippen LogP contribution in [0.25, 0.3) is 10.8 Å². The smallest absolute Gasteiger partial charge is 0.319 e. The summed E-state index contributed by atoms with van der Waals surface area (Å²) in [4.78, 5) is 42.9. The monoisotopic (exact) mass is 388 g/mol. The Balaban J connectivity index is 1.55. The largest absolute Gasteiger partial charge is 0.325 e. The van der Waals surface area contributed by atoms with Gasteiger partial charge in [-0.05, 0) is 53.9 Å². The summed E-state index contributed by atoms with van der Waals surface area (Å²) < 4.78 is 0. The highest BCUT2D eigenvalue weighted by atomic mass is 16.2. The number of aryl methyl sites for hydroxylation is 1. The van der Waals surface area contributed by atoms with E-state index in [1.807, 2.05) is 55.5 Å². The molecule has 2 aromatic carbocycles. The Hall–Kier alpha value is -3.74. The average Bonchev–Trinajstić information content (AvgIpc) is 2.91. The minimum Gasteiger partial charge on any atom is -0.319 e. The number of hydrogen-bond acceptors (Lipinski definition) is 4. The van der Waals surface area contributed by atoms with Crippen molar-refractivity contribution in [1.29, 1.82) is 0 Å². The molecule has 2 N–H and O–H groups in total. The van der Waals surface area contributed by atoms with Crippen LogP contribution >= 0.6 is 0 Å². The minimum atomic E-state index is -1.23. The summed E-state index contributed by atoms with van der Waals surface area (Å²) in [6, 6.07) is 16.3. The summed E-state index contributed by atoms with van der Waals surface area (Å²) in [6.45, 7) is 3.14. The van der Waals surface area contributed by atoms with E-state index in [-0.39, 0.29) is 6.54 Å². The van der Waals surface area contributed by atoms with Gasteiger partial charge in [0.15, 0.2) is 0 Å². The molecule has 1 aromatic heterocycles. The summed E-state index contributed by atoms with van der Waals surface area (Å²) >= 11 is 0. The molecule has 1 fully saturated rings. The number of imide groups is 1. The van der Waals surface area contributed by atoms with Crippen molar-refractivity contribution in [3.8, 4) is 0 Å². The molecule has 7 heteroatoms. The topological polar surface area (TPSA) is 91.4 Å². The Bertz CT molecular complexity index is 1140. The molecule has 4 rings (SSSR count). The molecule has 146 valence electrons. The van der Waals surface area contributed by atoms with E-state index in [9.17, 15) is 14.4 Å². The van der Waals surface area contributed by atoms with E-state index in [2.05, 4.69) is 15.6 Å². The van der Waals surface area contributed by atoms with Gasteiger partial charge in [-0.15, -0.1) is 0 Å². The van der Waals surface area contributed by atoms with Crippen LogP contribution in [0.3, 0.4) is 0 Å². The number of pyridine rings is 1. The molecular formula is C22H20N4O3. The van der Waals surface area contributed by atoms with Crippen LogP contribution in [-0.2, 0) is 15.1 Å². The molecule has 0 saturated carbocycles. The number of fused-ring (bicyclic) bond motifs is 1. The summed E-state index contributed by atoms with van der Waals surface area (Å²) in [5.74, 6) is -0.584. The van der Waals surface area contributed by atoms with Gasteiger partial charge in [-0.2, -0.15) is 0 Å². The predicted molar refractivity (Wildman–Crippen MR) is 109 cm³/mol. The number of aromatic nitrogens is 1. The van der Waals surface area contributed by atoms with E-state index in [0.717, 1.165) is 21.2 Å². The molecule has 0 spiro atoms. The number of urea groups is 1. The third-order valence-corrected chi connectivity index (χ3v) is 5.09.